The van der Waals surface area contributed by atoms with Crippen molar-refractivity contribution in [2.24, 2.45) is 0 Å². The number of halogens is 1. The number of carbonyl (C=O) groups is 1. The van der Waals surface area contributed by atoms with Crippen LogP contribution in [-0.2, 0) is 6.54 Å². The lowest BCUT2D eigenvalue weighted by Gasteiger charge is -2.27. The molecule has 2 atom stereocenters. The average molecular weight is 359 g/mol. The molecule has 0 radical (unpaired) electrons. The van der Waals surface area contributed by atoms with Crippen LogP contribution in [0.15, 0.2) is 23.1 Å². The van der Waals surface area contributed by atoms with E-state index in [2.05, 4.69) is 5.32 Å². The Morgan fingerprint density at radius 1 is 1.31 bits per heavy atom. The van der Waals surface area contributed by atoms with E-state index in [-0.39, 0.29) is 10.9 Å². The summed E-state index contributed by atoms with van der Waals surface area (Å²) in [4.78, 5) is 25.8. The second kappa shape index (κ2) is 6.39. The van der Waals surface area contributed by atoms with Crippen LogP contribution >= 0.6 is 0 Å². The van der Waals surface area contributed by atoms with Crippen molar-refractivity contribution < 1.29 is 14.3 Å². The van der Waals surface area contributed by atoms with E-state index in [0.29, 0.717) is 29.8 Å². The summed E-state index contributed by atoms with van der Waals surface area (Å²) >= 11 is 0. The molecule has 2 aliphatic heterocycles. The number of aryl methyl sites for hydroxylation is 1. The molecule has 2 N–H and O–H groups in total. The zero-order chi connectivity index (χ0) is 18.4. The van der Waals surface area contributed by atoms with Gasteiger partial charge in [0.05, 0.1) is 11.2 Å². The summed E-state index contributed by atoms with van der Waals surface area (Å²) in [6.07, 6.45) is 4.58. The molecule has 0 aliphatic carbocycles. The van der Waals surface area contributed by atoms with E-state index in [1.54, 1.807) is 10.6 Å². The van der Waals surface area contributed by atoms with E-state index in [1.165, 1.54) is 18.7 Å². The molecule has 0 saturated carbocycles. The molecule has 2 fully saturated rings. The number of nitrogens with one attached hydrogen (secondary N) is 1. The normalized spacial score (nSPS) is 22.6. The third-order valence-electron chi connectivity index (χ3n) is 5.58. The molecule has 4 rings (SSSR count). The van der Waals surface area contributed by atoms with Gasteiger partial charge in [-0.05, 0) is 38.3 Å². The molecule has 1 aromatic heterocycles. The van der Waals surface area contributed by atoms with E-state index >= 15 is 0 Å². The smallest absolute Gasteiger partial charge is 0.341 e. The van der Waals surface area contributed by atoms with E-state index < -0.39 is 17.2 Å². The highest BCUT2D eigenvalue weighted by molar-refractivity contribution is 5.93. The van der Waals surface area contributed by atoms with Crippen LogP contribution in [0.5, 0.6) is 0 Å². The van der Waals surface area contributed by atoms with Crippen molar-refractivity contribution in [3.8, 4) is 0 Å². The van der Waals surface area contributed by atoms with Crippen LogP contribution in [0.3, 0.4) is 0 Å². The van der Waals surface area contributed by atoms with Gasteiger partial charge in [0, 0.05) is 43.3 Å². The summed E-state index contributed by atoms with van der Waals surface area (Å²) in [5.41, 5.74) is 0.0832. The second-order valence-corrected chi connectivity index (χ2v) is 7.16. The first-order valence-electron chi connectivity index (χ1n) is 9.09. The SMILES string of the molecule is CCn1cc(C(=O)O)c(=O)c2cc(F)c(N3CCC4CCC(C3)N4)cc21. The number of aromatic nitrogens is 1. The van der Waals surface area contributed by atoms with Crippen molar-refractivity contribution in [1.82, 2.24) is 9.88 Å². The Kier molecular flexibility index (Phi) is 4.19. The summed E-state index contributed by atoms with van der Waals surface area (Å²) < 4.78 is 16.6. The molecule has 2 aliphatic rings. The quantitative estimate of drug-likeness (QED) is 0.879. The van der Waals surface area contributed by atoms with Crippen molar-refractivity contribution in [2.75, 3.05) is 18.0 Å². The number of fused-ring (bicyclic) bond motifs is 3. The van der Waals surface area contributed by atoms with Crippen LogP contribution in [0, 0.1) is 5.82 Å². The molecule has 0 spiro atoms. The minimum Gasteiger partial charge on any atom is -0.477 e. The summed E-state index contributed by atoms with van der Waals surface area (Å²) in [6.45, 7) is 3.87. The molecule has 2 saturated heterocycles. The van der Waals surface area contributed by atoms with Crippen LogP contribution < -0.4 is 15.6 Å². The topological polar surface area (TPSA) is 74.6 Å². The Morgan fingerprint density at radius 3 is 2.81 bits per heavy atom. The number of nitrogens with zero attached hydrogens (tertiary/aromatic N) is 2. The average Bonchev–Trinajstić information content (AvgIpc) is 2.94. The van der Waals surface area contributed by atoms with Crippen LogP contribution in [0.4, 0.5) is 10.1 Å². The highest BCUT2D eigenvalue weighted by Crippen LogP contribution is 2.29. The minimum atomic E-state index is -1.29. The van der Waals surface area contributed by atoms with Gasteiger partial charge in [-0.3, -0.25) is 4.79 Å². The Balaban J connectivity index is 1.84. The van der Waals surface area contributed by atoms with Gasteiger partial charge in [-0.1, -0.05) is 0 Å². The van der Waals surface area contributed by atoms with Gasteiger partial charge < -0.3 is 19.9 Å². The van der Waals surface area contributed by atoms with Gasteiger partial charge in [0.2, 0.25) is 5.43 Å². The molecular formula is C19H22FN3O3. The predicted molar refractivity (Wildman–Crippen MR) is 97.6 cm³/mol. The first-order chi connectivity index (χ1) is 12.5. The number of carboxylic acids is 1. The largest absolute Gasteiger partial charge is 0.477 e. The van der Waals surface area contributed by atoms with E-state index in [1.807, 2.05) is 11.8 Å². The number of carboxylic acid groups (broad SMARTS) is 1. The Hall–Kier alpha value is -2.41. The number of benzene rings is 1. The van der Waals surface area contributed by atoms with E-state index in [9.17, 15) is 19.1 Å². The number of hydrogen-bond donors (Lipinski definition) is 2. The monoisotopic (exact) mass is 359 g/mol. The Bertz CT molecular complexity index is 940. The highest BCUT2D eigenvalue weighted by Gasteiger charge is 2.30. The molecule has 3 heterocycles. The fourth-order valence-electron chi connectivity index (χ4n) is 4.22. The van der Waals surface area contributed by atoms with Gasteiger partial charge in [-0.15, -0.1) is 0 Å². The Labute approximate surface area is 150 Å². The molecule has 26 heavy (non-hydrogen) atoms. The fourth-order valence-corrected chi connectivity index (χ4v) is 4.22. The number of hydrogen-bond acceptors (Lipinski definition) is 4. The van der Waals surface area contributed by atoms with Crippen molar-refractivity contribution in [1.29, 1.82) is 0 Å². The molecule has 2 unspecified atom stereocenters. The zero-order valence-electron chi connectivity index (χ0n) is 14.7. The van der Waals surface area contributed by atoms with Crippen LogP contribution in [-0.4, -0.2) is 40.8 Å². The predicted octanol–water partition coefficient (Wildman–Crippen LogP) is 2.19. The van der Waals surface area contributed by atoms with Crippen molar-refractivity contribution >= 4 is 22.6 Å². The van der Waals surface area contributed by atoms with Crippen molar-refractivity contribution in [3.63, 3.8) is 0 Å². The van der Waals surface area contributed by atoms with Gasteiger partial charge in [0.25, 0.3) is 0 Å². The van der Waals surface area contributed by atoms with Gasteiger partial charge in [0.1, 0.15) is 11.4 Å². The van der Waals surface area contributed by atoms with E-state index in [0.717, 1.165) is 25.9 Å². The van der Waals surface area contributed by atoms with Crippen LogP contribution in [0.25, 0.3) is 10.9 Å². The van der Waals surface area contributed by atoms with Crippen molar-refractivity contribution in [2.45, 2.75) is 44.8 Å². The third-order valence-corrected chi connectivity index (χ3v) is 5.58. The van der Waals surface area contributed by atoms with Gasteiger partial charge in [-0.2, -0.15) is 0 Å². The third kappa shape index (κ3) is 2.76. The van der Waals surface area contributed by atoms with Crippen LogP contribution in [0.2, 0.25) is 0 Å². The summed E-state index contributed by atoms with van der Waals surface area (Å²) in [5.74, 6) is -1.77. The highest BCUT2D eigenvalue weighted by atomic mass is 19.1. The number of aromatic carboxylic acids is 1. The Morgan fingerprint density at radius 2 is 2.08 bits per heavy atom. The summed E-state index contributed by atoms with van der Waals surface area (Å²) in [6, 6.07) is 3.75. The summed E-state index contributed by atoms with van der Waals surface area (Å²) in [5, 5.41) is 12.9. The van der Waals surface area contributed by atoms with Crippen molar-refractivity contribution in [3.05, 3.63) is 39.9 Å². The molecule has 1 aromatic carbocycles. The second-order valence-electron chi connectivity index (χ2n) is 7.16. The lowest BCUT2D eigenvalue weighted by Crippen LogP contribution is -2.35. The molecule has 7 heteroatoms. The molecule has 0 amide bonds. The fraction of sp³-hybridized carbons (Fsp3) is 0.474. The van der Waals surface area contributed by atoms with Crippen LogP contribution in [0.1, 0.15) is 36.5 Å². The molecule has 138 valence electrons. The van der Waals surface area contributed by atoms with Gasteiger partial charge >= 0.3 is 5.97 Å². The first-order valence-corrected chi connectivity index (χ1v) is 9.09. The number of anilines is 1. The summed E-state index contributed by atoms with van der Waals surface area (Å²) in [7, 11) is 0. The molecule has 2 bridgehead atoms. The maximum absolute atomic E-state index is 14.9. The first kappa shape index (κ1) is 17.0. The lowest BCUT2D eigenvalue weighted by atomic mass is 10.1. The lowest BCUT2D eigenvalue weighted by molar-refractivity contribution is 0.0695. The molecule has 6 nitrogen and oxygen atoms in total. The minimum absolute atomic E-state index is 0.113. The van der Waals surface area contributed by atoms with Gasteiger partial charge in [-0.25, -0.2) is 9.18 Å². The zero-order valence-corrected chi connectivity index (χ0v) is 14.7. The van der Waals surface area contributed by atoms with E-state index in [4.69, 9.17) is 0 Å². The van der Waals surface area contributed by atoms with Gasteiger partial charge in [0.15, 0.2) is 0 Å². The maximum Gasteiger partial charge on any atom is 0.341 e. The standard InChI is InChI=1S/C19H22FN3O3/c1-2-22-10-14(19(25)26)18(24)13-7-15(20)17(8-16(13)22)23-6-5-11-3-4-12(9-23)21-11/h7-8,10-12,21H,2-6,9H2,1H3,(H,25,26). The maximum atomic E-state index is 14.9. The number of pyridine rings is 1. The molecular weight excluding hydrogens is 337 g/mol. The molecule has 2 aromatic rings. The number of rotatable bonds is 3.